The summed E-state index contributed by atoms with van der Waals surface area (Å²) in [4.78, 5) is 14.1. The highest BCUT2D eigenvalue weighted by Crippen LogP contribution is 2.40. The lowest BCUT2D eigenvalue weighted by atomic mass is 9.97. The molecule has 8 heteroatoms. The molecule has 2 N–H and O–H groups in total. The smallest absolute Gasteiger partial charge is 0.229 e. The highest BCUT2D eigenvalue weighted by molar-refractivity contribution is 5.64. The van der Waals surface area contributed by atoms with Gasteiger partial charge in [-0.1, -0.05) is 30.3 Å². The number of ether oxygens (including phenoxy) is 1. The van der Waals surface area contributed by atoms with E-state index < -0.39 is 0 Å². The van der Waals surface area contributed by atoms with E-state index in [0.717, 1.165) is 66.7 Å². The summed E-state index contributed by atoms with van der Waals surface area (Å²) in [6.07, 6.45) is 5.52. The van der Waals surface area contributed by atoms with Crippen molar-refractivity contribution < 1.29 is 4.74 Å². The molecule has 0 spiro atoms. The van der Waals surface area contributed by atoms with Gasteiger partial charge in [-0.3, -0.25) is 0 Å². The normalized spacial score (nSPS) is 17.3. The monoisotopic (exact) mass is 453 g/mol. The molecule has 6 rings (SSSR count). The number of anilines is 3. The lowest BCUT2D eigenvalue weighted by Gasteiger charge is -2.16. The van der Waals surface area contributed by atoms with Gasteiger partial charge in [0.15, 0.2) is 0 Å². The number of fused-ring (bicyclic) bond motifs is 6. The summed E-state index contributed by atoms with van der Waals surface area (Å²) in [7, 11) is 0. The van der Waals surface area contributed by atoms with Crippen LogP contribution >= 0.6 is 0 Å². The van der Waals surface area contributed by atoms with Gasteiger partial charge in [-0.2, -0.15) is 10.1 Å². The van der Waals surface area contributed by atoms with Crippen molar-refractivity contribution in [2.24, 2.45) is 0 Å². The highest BCUT2D eigenvalue weighted by atomic mass is 16.5. The molecule has 1 aliphatic carbocycles. The van der Waals surface area contributed by atoms with Gasteiger partial charge in [0.2, 0.25) is 5.95 Å². The van der Waals surface area contributed by atoms with Gasteiger partial charge in [-0.25, -0.2) is 14.6 Å². The molecule has 0 fully saturated rings. The minimum absolute atomic E-state index is 0.285. The Labute approximate surface area is 198 Å². The van der Waals surface area contributed by atoms with Crippen molar-refractivity contribution >= 4 is 17.5 Å². The third-order valence-corrected chi connectivity index (χ3v) is 6.54. The van der Waals surface area contributed by atoms with Gasteiger partial charge < -0.3 is 15.4 Å². The zero-order chi connectivity index (χ0) is 22.9. The van der Waals surface area contributed by atoms with Crippen LogP contribution in [0.5, 0.6) is 5.75 Å². The van der Waals surface area contributed by atoms with Crippen molar-refractivity contribution in [3.8, 4) is 11.4 Å². The van der Waals surface area contributed by atoms with E-state index in [1.807, 2.05) is 25.1 Å². The number of aryl methyl sites for hydroxylation is 1. The van der Waals surface area contributed by atoms with Gasteiger partial charge in [-0.15, -0.1) is 0 Å². The molecule has 0 amide bonds. The van der Waals surface area contributed by atoms with Crippen LogP contribution in [0.2, 0.25) is 0 Å². The number of nitrogens with zero attached hydrogens (tertiary/aromatic N) is 5. The van der Waals surface area contributed by atoms with Crippen LogP contribution in [-0.2, 0) is 6.42 Å². The summed E-state index contributed by atoms with van der Waals surface area (Å²) in [6.45, 7) is 3.40. The molecule has 3 heterocycles. The number of rotatable bonds is 2. The number of aromatic nitrogens is 5. The largest absolute Gasteiger partial charge is 0.491 e. The summed E-state index contributed by atoms with van der Waals surface area (Å²) in [5.74, 6) is 3.40. The Kier molecular flexibility index (Phi) is 5.33. The summed E-state index contributed by atoms with van der Waals surface area (Å²) in [5.41, 5.74) is 5.40. The van der Waals surface area contributed by atoms with Gasteiger partial charge in [0.05, 0.1) is 12.3 Å². The fraction of sp³-hybridized carbons (Fsp3) is 0.308. The van der Waals surface area contributed by atoms with Gasteiger partial charge >= 0.3 is 0 Å². The Morgan fingerprint density at radius 2 is 1.97 bits per heavy atom. The van der Waals surface area contributed by atoms with Crippen LogP contribution in [0, 0.1) is 6.92 Å². The van der Waals surface area contributed by atoms with E-state index in [1.165, 1.54) is 11.1 Å². The fourth-order valence-electron chi connectivity index (χ4n) is 4.84. The molecule has 1 atom stereocenters. The fourth-order valence-corrected chi connectivity index (χ4v) is 4.84. The lowest BCUT2D eigenvalue weighted by Crippen LogP contribution is -2.11. The Hall–Kier alpha value is -3.94. The molecule has 0 saturated heterocycles. The van der Waals surface area contributed by atoms with Crippen molar-refractivity contribution in [2.75, 3.05) is 23.8 Å². The molecule has 2 aromatic heterocycles. The molecule has 172 valence electrons. The van der Waals surface area contributed by atoms with Crippen molar-refractivity contribution in [3.05, 3.63) is 77.5 Å². The first-order valence-corrected chi connectivity index (χ1v) is 11.9. The molecule has 1 unspecified atom stereocenters. The average Bonchev–Trinajstić information content (AvgIpc) is 3.48. The second-order valence-corrected chi connectivity index (χ2v) is 8.77. The third kappa shape index (κ3) is 3.85. The topological polar surface area (TPSA) is 89.8 Å². The Balaban J connectivity index is 1.41. The molecule has 2 aliphatic rings. The first kappa shape index (κ1) is 20.7. The minimum Gasteiger partial charge on any atom is -0.491 e. The van der Waals surface area contributed by atoms with Gasteiger partial charge in [0.1, 0.15) is 29.4 Å². The van der Waals surface area contributed by atoms with Crippen LogP contribution in [0.1, 0.15) is 47.8 Å². The van der Waals surface area contributed by atoms with Crippen molar-refractivity contribution in [3.63, 3.8) is 0 Å². The van der Waals surface area contributed by atoms with E-state index in [9.17, 15) is 0 Å². The minimum atomic E-state index is 0.285. The van der Waals surface area contributed by atoms with Crippen LogP contribution in [0.4, 0.5) is 17.5 Å². The van der Waals surface area contributed by atoms with E-state index in [0.29, 0.717) is 12.6 Å². The predicted molar refractivity (Wildman–Crippen MR) is 131 cm³/mol. The summed E-state index contributed by atoms with van der Waals surface area (Å²) >= 11 is 0. The molecular formula is C26H27N7O. The lowest BCUT2D eigenvalue weighted by molar-refractivity contribution is 0.307. The van der Waals surface area contributed by atoms with Crippen LogP contribution in [0.25, 0.3) is 5.69 Å². The first-order valence-electron chi connectivity index (χ1n) is 11.9. The molecule has 4 aromatic rings. The molecule has 0 radical (unpaired) electrons. The van der Waals surface area contributed by atoms with Crippen LogP contribution in [0.15, 0.2) is 54.9 Å². The maximum atomic E-state index is 6.19. The SMILES string of the molecule is Cc1ncnn1-c1ccc2cc1OCCCCNc1nc(nc3c1CCC3c1ccccc1)N2. The molecular weight excluding hydrogens is 426 g/mol. The summed E-state index contributed by atoms with van der Waals surface area (Å²) in [5, 5.41) is 11.4. The molecule has 2 aromatic carbocycles. The molecule has 4 bridgehead atoms. The Morgan fingerprint density at radius 1 is 1.06 bits per heavy atom. The number of nitrogens with one attached hydrogen (secondary N) is 2. The van der Waals surface area contributed by atoms with Gasteiger partial charge in [0.25, 0.3) is 0 Å². The Morgan fingerprint density at radius 3 is 2.82 bits per heavy atom. The summed E-state index contributed by atoms with van der Waals surface area (Å²) < 4.78 is 7.99. The number of benzene rings is 2. The van der Waals surface area contributed by atoms with Crippen LogP contribution in [0.3, 0.4) is 0 Å². The van der Waals surface area contributed by atoms with Crippen molar-refractivity contribution in [2.45, 2.75) is 38.5 Å². The maximum absolute atomic E-state index is 6.19. The molecule has 34 heavy (non-hydrogen) atoms. The number of hydrogen-bond acceptors (Lipinski definition) is 7. The van der Waals surface area contributed by atoms with E-state index in [1.54, 1.807) is 11.0 Å². The first-order chi connectivity index (χ1) is 16.8. The van der Waals surface area contributed by atoms with Crippen LogP contribution in [-0.4, -0.2) is 37.9 Å². The standard InChI is InChI=1S/C26H27N7O/c1-17-28-16-29-33(17)22-12-9-19-15-23(22)34-14-6-5-13-27-25-21-11-10-20(18-7-3-2-4-8-18)24(21)31-26(30-19)32-25/h2-4,7-9,12,15-16,20H,5-6,10-11,13-14H2,1H3,(H2,27,30,31,32). The average molecular weight is 454 g/mol. The molecule has 1 aliphatic heterocycles. The third-order valence-electron chi connectivity index (χ3n) is 6.54. The second kappa shape index (κ2) is 8.78. The van der Waals surface area contributed by atoms with E-state index in [-0.39, 0.29) is 5.92 Å². The maximum Gasteiger partial charge on any atom is 0.229 e. The van der Waals surface area contributed by atoms with Crippen molar-refractivity contribution in [1.29, 1.82) is 0 Å². The zero-order valence-electron chi connectivity index (χ0n) is 19.2. The quantitative estimate of drug-likeness (QED) is 0.452. The predicted octanol–water partition coefficient (Wildman–Crippen LogP) is 4.77. The van der Waals surface area contributed by atoms with E-state index >= 15 is 0 Å². The molecule has 8 nitrogen and oxygen atoms in total. The second-order valence-electron chi connectivity index (χ2n) is 8.77. The Bertz CT molecular complexity index is 1320. The van der Waals surface area contributed by atoms with Crippen LogP contribution < -0.4 is 15.4 Å². The molecule has 0 saturated carbocycles. The van der Waals surface area contributed by atoms with E-state index in [4.69, 9.17) is 14.7 Å². The zero-order valence-corrected chi connectivity index (χ0v) is 19.2. The summed E-state index contributed by atoms with van der Waals surface area (Å²) in [6, 6.07) is 16.6. The van der Waals surface area contributed by atoms with Gasteiger partial charge in [-0.05, 0) is 50.3 Å². The van der Waals surface area contributed by atoms with Gasteiger partial charge in [0, 0.05) is 29.8 Å². The van der Waals surface area contributed by atoms with E-state index in [2.05, 4.69) is 51.0 Å². The van der Waals surface area contributed by atoms with Crippen molar-refractivity contribution in [1.82, 2.24) is 24.7 Å². The number of hydrogen-bond donors (Lipinski definition) is 2. The highest BCUT2D eigenvalue weighted by Gasteiger charge is 2.29.